The molecule has 0 aromatic heterocycles. The SMILES string of the molecule is CCC(C#N)(C(=O)c1ccccc1)c1ccccc1. The van der Waals surface area contributed by atoms with Gasteiger partial charge < -0.3 is 0 Å². The second-order valence-corrected chi connectivity index (χ2v) is 4.43. The third-order valence-electron chi connectivity index (χ3n) is 3.41. The first-order valence-corrected chi connectivity index (χ1v) is 6.31. The number of nitriles is 1. The van der Waals surface area contributed by atoms with Crippen LogP contribution in [0.5, 0.6) is 0 Å². The second kappa shape index (κ2) is 5.49. The normalized spacial score (nSPS) is 13.3. The maximum atomic E-state index is 12.7. The number of nitrogens with zero attached hydrogens (tertiary/aromatic N) is 1. The van der Waals surface area contributed by atoms with E-state index in [0.29, 0.717) is 12.0 Å². The van der Waals surface area contributed by atoms with Crippen LogP contribution in [0, 0.1) is 11.3 Å². The topological polar surface area (TPSA) is 40.9 Å². The van der Waals surface area contributed by atoms with Crippen molar-refractivity contribution >= 4 is 5.78 Å². The number of Topliss-reactive ketones (excluding diaryl/α,β-unsaturated/α-hetero) is 1. The lowest BCUT2D eigenvalue weighted by Crippen LogP contribution is -2.33. The van der Waals surface area contributed by atoms with Gasteiger partial charge >= 0.3 is 0 Å². The van der Waals surface area contributed by atoms with Crippen LogP contribution in [0.4, 0.5) is 0 Å². The maximum Gasteiger partial charge on any atom is 0.187 e. The molecule has 1 unspecified atom stereocenters. The molecule has 2 nitrogen and oxygen atoms in total. The molecule has 2 rings (SSSR count). The summed E-state index contributed by atoms with van der Waals surface area (Å²) in [5.74, 6) is -0.135. The number of hydrogen-bond acceptors (Lipinski definition) is 2. The van der Waals surface area contributed by atoms with Gasteiger partial charge in [-0.2, -0.15) is 5.26 Å². The molecule has 19 heavy (non-hydrogen) atoms. The van der Waals surface area contributed by atoms with Gasteiger partial charge in [-0.3, -0.25) is 4.79 Å². The van der Waals surface area contributed by atoms with Gasteiger partial charge in [0.25, 0.3) is 0 Å². The molecule has 2 aromatic carbocycles. The Morgan fingerprint density at radius 3 is 2.05 bits per heavy atom. The van der Waals surface area contributed by atoms with Crippen LogP contribution in [0.1, 0.15) is 29.3 Å². The smallest absolute Gasteiger partial charge is 0.187 e. The Kier molecular flexibility index (Phi) is 3.77. The average molecular weight is 249 g/mol. The minimum Gasteiger partial charge on any atom is -0.292 e. The highest BCUT2D eigenvalue weighted by atomic mass is 16.1. The van der Waals surface area contributed by atoms with E-state index in [4.69, 9.17) is 0 Å². The predicted molar refractivity (Wildman–Crippen MR) is 74.8 cm³/mol. The van der Waals surface area contributed by atoms with Crippen LogP contribution >= 0.6 is 0 Å². The van der Waals surface area contributed by atoms with E-state index in [-0.39, 0.29) is 5.78 Å². The number of hydrogen-bond donors (Lipinski definition) is 0. The van der Waals surface area contributed by atoms with Gasteiger partial charge in [0.1, 0.15) is 5.41 Å². The zero-order chi connectivity index (χ0) is 13.7. The van der Waals surface area contributed by atoms with Crippen LogP contribution in [0.15, 0.2) is 60.7 Å². The highest BCUT2D eigenvalue weighted by molar-refractivity contribution is 6.06. The van der Waals surface area contributed by atoms with Crippen LogP contribution in [0.2, 0.25) is 0 Å². The predicted octanol–water partition coefficient (Wildman–Crippen LogP) is 3.74. The molecule has 2 aromatic rings. The van der Waals surface area contributed by atoms with E-state index in [2.05, 4.69) is 6.07 Å². The fraction of sp³-hybridized carbons (Fsp3) is 0.176. The van der Waals surface area contributed by atoms with Crippen molar-refractivity contribution in [3.8, 4) is 6.07 Å². The third kappa shape index (κ3) is 2.28. The third-order valence-corrected chi connectivity index (χ3v) is 3.41. The van der Waals surface area contributed by atoms with Gasteiger partial charge in [0.05, 0.1) is 6.07 Å². The summed E-state index contributed by atoms with van der Waals surface area (Å²) in [4.78, 5) is 12.7. The minimum atomic E-state index is -1.09. The van der Waals surface area contributed by atoms with Crippen molar-refractivity contribution in [2.45, 2.75) is 18.8 Å². The summed E-state index contributed by atoms with van der Waals surface area (Å²) >= 11 is 0. The lowest BCUT2D eigenvalue weighted by atomic mass is 9.74. The number of carbonyl (C=O) groups excluding carboxylic acids is 1. The first-order valence-electron chi connectivity index (χ1n) is 6.31. The molecule has 0 N–H and O–H groups in total. The molecule has 0 amide bonds. The fourth-order valence-electron chi connectivity index (χ4n) is 2.25. The van der Waals surface area contributed by atoms with E-state index >= 15 is 0 Å². The first-order chi connectivity index (χ1) is 9.24. The van der Waals surface area contributed by atoms with E-state index in [0.717, 1.165) is 5.56 Å². The molecule has 0 saturated carbocycles. The number of carbonyl (C=O) groups is 1. The molecule has 0 saturated heterocycles. The molecule has 0 radical (unpaired) electrons. The van der Waals surface area contributed by atoms with Gasteiger partial charge in [0.2, 0.25) is 0 Å². The largest absolute Gasteiger partial charge is 0.292 e. The molecule has 0 bridgehead atoms. The zero-order valence-corrected chi connectivity index (χ0v) is 10.8. The Balaban J connectivity index is 2.53. The van der Waals surface area contributed by atoms with Gasteiger partial charge in [-0.1, -0.05) is 67.6 Å². The van der Waals surface area contributed by atoms with Crippen LogP contribution in [-0.2, 0) is 5.41 Å². The summed E-state index contributed by atoms with van der Waals surface area (Å²) in [6.07, 6.45) is 0.460. The lowest BCUT2D eigenvalue weighted by Gasteiger charge is -2.24. The molecule has 0 aliphatic heterocycles. The Morgan fingerprint density at radius 2 is 1.58 bits per heavy atom. The number of ketones is 1. The number of benzene rings is 2. The Hall–Kier alpha value is -2.40. The van der Waals surface area contributed by atoms with Crippen LogP contribution in [0.25, 0.3) is 0 Å². The molecule has 0 spiro atoms. The molecular weight excluding hydrogens is 234 g/mol. The van der Waals surface area contributed by atoms with Crippen molar-refractivity contribution in [3.63, 3.8) is 0 Å². The van der Waals surface area contributed by atoms with Gasteiger partial charge in [-0.25, -0.2) is 0 Å². The van der Waals surface area contributed by atoms with Gasteiger partial charge in [-0.05, 0) is 12.0 Å². The summed E-state index contributed by atoms with van der Waals surface area (Å²) in [6.45, 7) is 1.87. The monoisotopic (exact) mass is 249 g/mol. The van der Waals surface area contributed by atoms with Crippen molar-refractivity contribution in [1.82, 2.24) is 0 Å². The lowest BCUT2D eigenvalue weighted by molar-refractivity contribution is 0.0918. The van der Waals surface area contributed by atoms with Gasteiger partial charge in [-0.15, -0.1) is 0 Å². The fourth-order valence-corrected chi connectivity index (χ4v) is 2.25. The molecule has 0 aliphatic carbocycles. The summed E-state index contributed by atoms with van der Waals surface area (Å²) < 4.78 is 0. The quantitative estimate of drug-likeness (QED) is 0.774. The Bertz CT molecular complexity index is 598. The summed E-state index contributed by atoms with van der Waals surface area (Å²) in [5, 5.41) is 9.59. The van der Waals surface area contributed by atoms with E-state index in [9.17, 15) is 10.1 Å². The van der Waals surface area contributed by atoms with E-state index < -0.39 is 5.41 Å². The molecule has 94 valence electrons. The minimum absolute atomic E-state index is 0.135. The summed E-state index contributed by atoms with van der Waals surface area (Å²) in [6, 6.07) is 20.5. The first kappa shape index (κ1) is 13.0. The highest BCUT2D eigenvalue weighted by Gasteiger charge is 2.39. The molecule has 2 heteroatoms. The van der Waals surface area contributed by atoms with Crippen LogP contribution in [0.3, 0.4) is 0 Å². The van der Waals surface area contributed by atoms with Gasteiger partial charge in [0.15, 0.2) is 5.78 Å². The molecule has 0 aliphatic rings. The second-order valence-electron chi connectivity index (χ2n) is 4.43. The average Bonchev–Trinajstić information content (AvgIpc) is 2.51. The Labute approximate surface area is 113 Å². The van der Waals surface area contributed by atoms with Crippen LogP contribution in [-0.4, -0.2) is 5.78 Å². The van der Waals surface area contributed by atoms with Crippen molar-refractivity contribution in [2.24, 2.45) is 0 Å². The standard InChI is InChI=1S/C17H15NO/c1-2-17(13-18,15-11-7-4-8-12-15)16(19)14-9-5-3-6-10-14/h3-12H,2H2,1H3. The Morgan fingerprint density at radius 1 is 1.05 bits per heavy atom. The molecular formula is C17H15NO. The summed E-state index contributed by atoms with van der Waals surface area (Å²) in [7, 11) is 0. The van der Waals surface area contributed by atoms with Crippen molar-refractivity contribution in [1.29, 1.82) is 5.26 Å². The molecule has 0 heterocycles. The highest BCUT2D eigenvalue weighted by Crippen LogP contribution is 2.31. The van der Waals surface area contributed by atoms with E-state index in [1.54, 1.807) is 12.1 Å². The van der Waals surface area contributed by atoms with Crippen molar-refractivity contribution < 1.29 is 4.79 Å². The van der Waals surface area contributed by atoms with Crippen molar-refractivity contribution in [2.75, 3.05) is 0 Å². The van der Waals surface area contributed by atoms with Gasteiger partial charge in [0, 0.05) is 5.56 Å². The molecule has 1 atom stereocenters. The summed E-state index contributed by atoms with van der Waals surface area (Å²) in [5.41, 5.74) is 0.242. The van der Waals surface area contributed by atoms with Crippen molar-refractivity contribution in [3.05, 3.63) is 71.8 Å². The molecule has 0 fully saturated rings. The van der Waals surface area contributed by atoms with Crippen LogP contribution < -0.4 is 0 Å². The zero-order valence-electron chi connectivity index (χ0n) is 10.8. The maximum absolute atomic E-state index is 12.7. The van der Waals surface area contributed by atoms with E-state index in [1.807, 2.05) is 55.5 Å². The van der Waals surface area contributed by atoms with E-state index in [1.165, 1.54) is 0 Å². The number of rotatable bonds is 4.